The Morgan fingerprint density at radius 1 is 1.13 bits per heavy atom. The molecule has 208 valence electrons. The number of carbonyl (C=O) groups is 2. The molecule has 3 aromatic rings. The van der Waals surface area contributed by atoms with Gasteiger partial charge in [-0.2, -0.15) is 11.3 Å². The minimum absolute atomic E-state index is 0.109. The first kappa shape index (κ1) is 28.5. The fourth-order valence-corrected chi connectivity index (χ4v) is 5.87. The third-order valence-corrected chi connectivity index (χ3v) is 8.11. The number of thiophene rings is 1. The molecule has 10 heteroatoms. The number of rotatable bonds is 12. The molecule has 39 heavy (non-hydrogen) atoms. The topological polar surface area (TPSA) is 117 Å². The van der Waals surface area contributed by atoms with Crippen molar-refractivity contribution >= 4 is 28.9 Å². The number of nitrogens with zero attached hydrogens (tertiary/aromatic N) is 3. The lowest BCUT2D eigenvalue weighted by atomic mass is 9.85. The van der Waals surface area contributed by atoms with Crippen LogP contribution in [0.1, 0.15) is 59.5 Å². The highest BCUT2D eigenvalue weighted by Crippen LogP contribution is 2.35. The third kappa shape index (κ3) is 7.77. The van der Waals surface area contributed by atoms with Crippen molar-refractivity contribution < 1.29 is 19.4 Å². The maximum Gasteiger partial charge on any atom is 0.341 e. The minimum Gasteiger partial charge on any atom is -0.482 e. The van der Waals surface area contributed by atoms with E-state index < -0.39 is 5.97 Å². The Kier molecular flexibility index (Phi) is 9.89. The molecule has 3 heterocycles. The zero-order chi connectivity index (χ0) is 27.8. The van der Waals surface area contributed by atoms with Gasteiger partial charge in [0.05, 0.1) is 23.0 Å². The predicted octanol–water partition coefficient (Wildman–Crippen LogP) is 4.69. The van der Waals surface area contributed by atoms with Crippen LogP contribution in [0.4, 0.5) is 5.69 Å². The van der Waals surface area contributed by atoms with Crippen LogP contribution in [0.25, 0.3) is 0 Å². The summed E-state index contributed by atoms with van der Waals surface area (Å²) in [5.74, 6) is -0.0825. The molecule has 1 aliphatic heterocycles. The molecule has 1 fully saturated rings. The normalized spacial score (nSPS) is 15.9. The van der Waals surface area contributed by atoms with Crippen LogP contribution in [-0.2, 0) is 4.79 Å². The molecule has 1 aromatic carbocycles. The summed E-state index contributed by atoms with van der Waals surface area (Å²) in [6.07, 6.45) is 4.51. The maximum absolute atomic E-state index is 12.7. The molecular weight excluding hydrogens is 514 g/mol. The van der Waals surface area contributed by atoms with Gasteiger partial charge in [0.2, 0.25) is 0 Å². The quantitative estimate of drug-likeness (QED) is 0.297. The highest BCUT2D eigenvalue weighted by Gasteiger charge is 2.29. The van der Waals surface area contributed by atoms with Gasteiger partial charge in [-0.15, -0.1) is 0 Å². The number of aryl methyl sites for hydroxylation is 2. The van der Waals surface area contributed by atoms with Gasteiger partial charge in [-0.1, -0.05) is 0 Å². The first-order valence-electron chi connectivity index (χ1n) is 13.4. The van der Waals surface area contributed by atoms with E-state index in [2.05, 4.69) is 49.3 Å². The van der Waals surface area contributed by atoms with Crippen molar-refractivity contribution in [1.82, 2.24) is 20.2 Å². The minimum atomic E-state index is -0.993. The molecule has 2 atom stereocenters. The van der Waals surface area contributed by atoms with Crippen molar-refractivity contribution in [3.8, 4) is 5.75 Å². The maximum atomic E-state index is 12.7. The summed E-state index contributed by atoms with van der Waals surface area (Å²) in [5, 5.41) is 19.9. The number of carboxylic acids is 1. The number of carboxylic acid groups (broad SMARTS) is 1. The standard InChI is InChI=1S/C29H37N5O4S/c1-19(8-12-30-29(37)27-20(2)31-18-32-21(27)3)34-13-9-22(10-14-34)28(23-11-15-39-17-23)33-24-4-6-25(7-5-24)38-16-26(35)36/h4-7,11,15,17-19,22,28,33H,8-10,12-14,16H2,1-3H3,(H,30,37)(H,35,36)/t19-,28?/m1/s1. The second-order valence-electron chi connectivity index (χ2n) is 10.1. The van der Waals surface area contributed by atoms with Gasteiger partial charge in [0.1, 0.15) is 12.1 Å². The van der Waals surface area contributed by atoms with E-state index >= 15 is 0 Å². The zero-order valence-corrected chi connectivity index (χ0v) is 23.5. The Hall–Kier alpha value is -3.50. The number of piperidine rings is 1. The van der Waals surface area contributed by atoms with Gasteiger partial charge in [-0.25, -0.2) is 14.8 Å². The number of aliphatic carboxylic acids is 1. The Morgan fingerprint density at radius 3 is 2.44 bits per heavy atom. The highest BCUT2D eigenvalue weighted by molar-refractivity contribution is 7.08. The number of likely N-dealkylation sites (tertiary alicyclic amines) is 1. The average molecular weight is 552 g/mol. The van der Waals surface area contributed by atoms with E-state index in [9.17, 15) is 9.59 Å². The summed E-state index contributed by atoms with van der Waals surface area (Å²) in [7, 11) is 0. The number of carbonyl (C=O) groups excluding carboxylic acids is 1. The molecule has 0 radical (unpaired) electrons. The summed E-state index contributed by atoms with van der Waals surface area (Å²) in [5.41, 5.74) is 4.24. The first-order valence-corrected chi connectivity index (χ1v) is 14.3. The zero-order valence-electron chi connectivity index (χ0n) is 22.7. The van der Waals surface area contributed by atoms with Crippen molar-refractivity contribution in [2.45, 2.75) is 52.1 Å². The van der Waals surface area contributed by atoms with Gasteiger partial charge in [0.25, 0.3) is 5.91 Å². The summed E-state index contributed by atoms with van der Waals surface area (Å²) in [6.45, 7) is 8.18. The molecule has 1 aliphatic rings. The Bertz CT molecular complexity index is 1210. The van der Waals surface area contributed by atoms with Gasteiger partial charge in [-0.3, -0.25) is 4.79 Å². The smallest absolute Gasteiger partial charge is 0.341 e. The monoisotopic (exact) mass is 551 g/mol. The summed E-state index contributed by atoms with van der Waals surface area (Å²) in [4.78, 5) is 34.2. The Morgan fingerprint density at radius 2 is 1.82 bits per heavy atom. The Labute approximate surface area is 233 Å². The van der Waals surface area contributed by atoms with Crippen LogP contribution in [0.3, 0.4) is 0 Å². The number of hydrogen-bond donors (Lipinski definition) is 3. The molecule has 0 bridgehead atoms. The van der Waals surface area contributed by atoms with Crippen LogP contribution >= 0.6 is 11.3 Å². The van der Waals surface area contributed by atoms with Crippen LogP contribution in [0.2, 0.25) is 0 Å². The lowest BCUT2D eigenvalue weighted by molar-refractivity contribution is -0.139. The number of hydrogen-bond acceptors (Lipinski definition) is 8. The van der Waals surface area contributed by atoms with E-state index in [1.807, 2.05) is 26.0 Å². The van der Waals surface area contributed by atoms with Gasteiger partial charge in [0, 0.05) is 18.3 Å². The van der Waals surface area contributed by atoms with Crippen molar-refractivity contribution in [2.24, 2.45) is 5.92 Å². The van der Waals surface area contributed by atoms with Gasteiger partial charge >= 0.3 is 5.97 Å². The van der Waals surface area contributed by atoms with Crippen LogP contribution in [0, 0.1) is 19.8 Å². The number of benzene rings is 1. The second-order valence-corrected chi connectivity index (χ2v) is 10.9. The lowest BCUT2D eigenvalue weighted by Gasteiger charge is -2.39. The number of anilines is 1. The van der Waals surface area contributed by atoms with E-state index in [1.54, 1.807) is 23.5 Å². The number of amides is 1. The number of nitrogens with one attached hydrogen (secondary N) is 2. The Balaban J connectivity index is 1.28. The van der Waals surface area contributed by atoms with Crippen molar-refractivity contribution in [3.63, 3.8) is 0 Å². The molecule has 0 saturated carbocycles. The van der Waals surface area contributed by atoms with Crippen LogP contribution in [-0.4, -0.2) is 64.1 Å². The molecule has 1 saturated heterocycles. The molecule has 2 aromatic heterocycles. The molecule has 1 unspecified atom stereocenters. The highest BCUT2D eigenvalue weighted by atomic mass is 32.1. The number of ether oxygens (including phenoxy) is 1. The lowest BCUT2D eigenvalue weighted by Crippen LogP contribution is -2.43. The fraction of sp³-hybridized carbons (Fsp3) is 0.448. The summed E-state index contributed by atoms with van der Waals surface area (Å²) >= 11 is 1.70. The van der Waals surface area contributed by atoms with Gasteiger partial charge in [-0.05, 0) is 106 Å². The summed E-state index contributed by atoms with van der Waals surface area (Å²) < 4.78 is 5.26. The third-order valence-electron chi connectivity index (χ3n) is 7.41. The van der Waals surface area contributed by atoms with Crippen LogP contribution < -0.4 is 15.4 Å². The van der Waals surface area contributed by atoms with E-state index in [0.29, 0.717) is 41.2 Å². The average Bonchev–Trinajstić information content (AvgIpc) is 3.46. The second kappa shape index (κ2) is 13.5. The SMILES string of the molecule is Cc1ncnc(C)c1C(=O)NCC[C@@H](C)N1CCC(C(Nc2ccc(OCC(=O)O)cc2)c2ccsc2)CC1. The largest absolute Gasteiger partial charge is 0.482 e. The van der Waals surface area contributed by atoms with E-state index in [0.717, 1.165) is 38.0 Å². The van der Waals surface area contributed by atoms with E-state index in [1.165, 1.54) is 11.9 Å². The van der Waals surface area contributed by atoms with Gasteiger partial charge in [0.15, 0.2) is 6.61 Å². The van der Waals surface area contributed by atoms with E-state index in [4.69, 9.17) is 9.84 Å². The van der Waals surface area contributed by atoms with Gasteiger partial charge < -0.3 is 25.4 Å². The van der Waals surface area contributed by atoms with Crippen LogP contribution in [0.5, 0.6) is 5.75 Å². The predicted molar refractivity (Wildman–Crippen MR) is 152 cm³/mol. The first-order chi connectivity index (χ1) is 18.8. The van der Waals surface area contributed by atoms with Crippen molar-refractivity contribution in [1.29, 1.82) is 0 Å². The number of aromatic nitrogens is 2. The molecule has 3 N–H and O–H groups in total. The molecular formula is C29H37N5O4S. The molecule has 1 amide bonds. The van der Waals surface area contributed by atoms with E-state index in [-0.39, 0.29) is 18.6 Å². The van der Waals surface area contributed by atoms with Crippen LogP contribution in [0.15, 0.2) is 47.4 Å². The molecule has 9 nitrogen and oxygen atoms in total. The summed E-state index contributed by atoms with van der Waals surface area (Å²) in [6, 6.07) is 10.2. The fourth-order valence-electron chi connectivity index (χ4n) is 5.18. The molecule has 0 spiro atoms. The van der Waals surface area contributed by atoms with Crippen molar-refractivity contribution in [2.75, 3.05) is 31.6 Å². The van der Waals surface area contributed by atoms with Crippen molar-refractivity contribution in [3.05, 3.63) is 69.9 Å². The molecule has 0 aliphatic carbocycles. The molecule has 4 rings (SSSR count).